The first-order valence-corrected chi connectivity index (χ1v) is 10.6. The minimum Gasteiger partial charge on any atom is -0.481 e. The number of carbonyl (C=O) groups is 3. The number of H-pyrrole nitrogens is 1. The van der Waals surface area contributed by atoms with Gasteiger partial charge in [0.2, 0.25) is 18.6 Å². The molecule has 0 spiro atoms. The molecule has 6 rings (SSSR count). The van der Waals surface area contributed by atoms with Crippen molar-refractivity contribution in [1.29, 1.82) is 0 Å². The van der Waals surface area contributed by atoms with Gasteiger partial charge in [0.05, 0.1) is 12.6 Å². The molecular formula is C24H23N3O6. The van der Waals surface area contributed by atoms with Crippen LogP contribution in [0.4, 0.5) is 0 Å². The van der Waals surface area contributed by atoms with Crippen molar-refractivity contribution in [3.05, 3.63) is 59.3 Å². The molecule has 4 heterocycles. The van der Waals surface area contributed by atoms with Crippen molar-refractivity contribution in [1.82, 2.24) is 14.8 Å². The topological polar surface area (TPSA) is 112 Å². The molecule has 2 N–H and O–H groups in total. The lowest BCUT2D eigenvalue weighted by atomic mass is 9.86. The van der Waals surface area contributed by atoms with Crippen molar-refractivity contribution in [3.8, 4) is 11.5 Å². The van der Waals surface area contributed by atoms with Crippen molar-refractivity contribution in [2.45, 2.75) is 25.4 Å². The maximum absolute atomic E-state index is 13.1. The Morgan fingerprint density at radius 3 is 2.64 bits per heavy atom. The van der Waals surface area contributed by atoms with Crippen LogP contribution in [0.25, 0.3) is 10.9 Å². The summed E-state index contributed by atoms with van der Waals surface area (Å²) >= 11 is 0. The van der Waals surface area contributed by atoms with E-state index in [1.54, 1.807) is 11.9 Å². The molecule has 3 aliphatic rings. The summed E-state index contributed by atoms with van der Waals surface area (Å²) in [6.07, 6.45) is 0.509. The minimum absolute atomic E-state index is 0.0220. The molecule has 0 saturated carbocycles. The van der Waals surface area contributed by atoms with Crippen LogP contribution in [0.2, 0.25) is 0 Å². The van der Waals surface area contributed by atoms with Gasteiger partial charge in [-0.05, 0) is 29.3 Å². The van der Waals surface area contributed by atoms with Crippen LogP contribution in [0.15, 0.2) is 42.5 Å². The van der Waals surface area contributed by atoms with Crippen LogP contribution < -0.4 is 9.47 Å². The first-order valence-electron chi connectivity index (χ1n) is 10.6. The van der Waals surface area contributed by atoms with Crippen LogP contribution in [0, 0.1) is 0 Å². The zero-order valence-corrected chi connectivity index (χ0v) is 18.2. The fourth-order valence-corrected chi connectivity index (χ4v) is 4.84. The predicted molar refractivity (Wildman–Crippen MR) is 118 cm³/mol. The summed E-state index contributed by atoms with van der Waals surface area (Å²) in [5.74, 6) is 0.448. The average molecular weight is 449 g/mol. The monoisotopic (exact) mass is 449 g/mol. The van der Waals surface area contributed by atoms with Crippen LogP contribution in [-0.4, -0.2) is 64.1 Å². The Labute approximate surface area is 189 Å². The standard InChI is InChI=1S/C22H19N3O4.C2H4O2/c1-24-10-19(26)25-16(22(24)27)9-14-13-4-2-3-5-15(13)23-20(14)21(25)12-6-7-17-18(8-12)29-11-28-17;1-2(3)4/h2-8,16,21,23H,9-11H2,1H3;1H3,(H,3,4)/t16-,21-;/m1./s1. The van der Waals surface area contributed by atoms with Crippen molar-refractivity contribution in [2.24, 2.45) is 0 Å². The van der Waals surface area contributed by atoms with Crippen LogP contribution in [-0.2, 0) is 20.8 Å². The van der Waals surface area contributed by atoms with E-state index in [1.165, 1.54) is 4.90 Å². The lowest BCUT2D eigenvalue weighted by molar-refractivity contribution is -0.157. The molecule has 2 amide bonds. The Bertz CT molecular complexity index is 1280. The number of carboxylic acid groups (broad SMARTS) is 1. The third kappa shape index (κ3) is 3.45. The molecule has 2 atom stereocenters. The SMILES string of the molecule is CC(=O)O.CN1CC(=O)N2[C@H](c3ccc4c(c3)OCO4)c3[nH]c4ccccc4c3C[C@@H]2C1=O. The second-order valence-corrected chi connectivity index (χ2v) is 8.31. The smallest absolute Gasteiger partial charge is 0.300 e. The number of para-hydroxylation sites is 1. The van der Waals surface area contributed by atoms with Gasteiger partial charge in [-0.15, -0.1) is 0 Å². The largest absolute Gasteiger partial charge is 0.481 e. The van der Waals surface area contributed by atoms with E-state index in [0.717, 1.165) is 34.6 Å². The van der Waals surface area contributed by atoms with Crippen molar-refractivity contribution < 1.29 is 29.0 Å². The maximum Gasteiger partial charge on any atom is 0.300 e. The van der Waals surface area contributed by atoms with Gasteiger partial charge in [0.25, 0.3) is 5.97 Å². The normalized spacial score (nSPS) is 20.8. The molecule has 3 aliphatic heterocycles. The zero-order valence-electron chi connectivity index (χ0n) is 18.2. The number of fused-ring (bicyclic) bond motifs is 5. The first kappa shape index (κ1) is 20.9. The molecule has 33 heavy (non-hydrogen) atoms. The van der Waals surface area contributed by atoms with Gasteiger partial charge in [0, 0.05) is 37.0 Å². The number of aromatic amines is 1. The Morgan fingerprint density at radius 1 is 1.12 bits per heavy atom. The van der Waals surface area contributed by atoms with E-state index in [2.05, 4.69) is 11.1 Å². The van der Waals surface area contributed by atoms with E-state index in [1.807, 2.05) is 36.4 Å². The lowest BCUT2D eigenvalue weighted by Gasteiger charge is -2.46. The van der Waals surface area contributed by atoms with Gasteiger partial charge < -0.3 is 29.4 Å². The van der Waals surface area contributed by atoms with E-state index >= 15 is 0 Å². The number of piperazine rings is 1. The Morgan fingerprint density at radius 2 is 1.85 bits per heavy atom. The second kappa shape index (κ2) is 7.84. The number of likely N-dealkylation sites (N-methyl/N-ethyl adjacent to an activating group) is 1. The quantitative estimate of drug-likeness (QED) is 0.590. The molecule has 0 unspecified atom stereocenters. The maximum atomic E-state index is 13.1. The van der Waals surface area contributed by atoms with Crippen molar-refractivity contribution >= 4 is 28.7 Å². The molecule has 9 nitrogen and oxygen atoms in total. The molecule has 170 valence electrons. The summed E-state index contributed by atoms with van der Waals surface area (Å²) < 4.78 is 11.0. The van der Waals surface area contributed by atoms with Crippen LogP contribution in [0.1, 0.15) is 29.8 Å². The van der Waals surface area contributed by atoms with Crippen LogP contribution >= 0.6 is 0 Å². The molecule has 1 fully saturated rings. The number of benzene rings is 2. The highest BCUT2D eigenvalue weighted by Crippen LogP contribution is 2.44. The van der Waals surface area contributed by atoms with Crippen LogP contribution in [0.3, 0.4) is 0 Å². The molecule has 3 aromatic rings. The van der Waals surface area contributed by atoms with E-state index in [9.17, 15) is 9.59 Å². The van der Waals surface area contributed by atoms with E-state index in [-0.39, 0.29) is 31.2 Å². The van der Waals surface area contributed by atoms with Gasteiger partial charge in [0.1, 0.15) is 6.04 Å². The molecule has 1 saturated heterocycles. The van der Waals surface area contributed by atoms with Crippen molar-refractivity contribution in [2.75, 3.05) is 20.4 Å². The highest BCUT2D eigenvalue weighted by Gasteiger charge is 2.47. The number of hydrogen-bond donors (Lipinski definition) is 2. The third-order valence-electron chi connectivity index (χ3n) is 6.17. The summed E-state index contributed by atoms with van der Waals surface area (Å²) in [5.41, 5.74) is 3.97. The Kier molecular flexibility index (Phi) is 4.96. The highest BCUT2D eigenvalue weighted by atomic mass is 16.7. The van der Waals surface area contributed by atoms with Gasteiger partial charge in [-0.2, -0.15) is 0 Å². The van der Waals surface area contributed by atoms with E-state index in [4.69, 9.17) is 19.4 Å². The second-order valence-electron chi connectivity index (χ2n) is 8.31. The molecule has 0 radical (unpaired) electrons. The van der Waals surface area contributed by atoms with Gasteiger partial charge >= 0.3 is 0 Å². The number of nitrogens with one attached hydrogen (secondary N) is 1. The minimum atomic E-state index is -0.833. The van der Waals surface area contributed by atoms with Crippen molar-refractivity contribution in [3.63, 3.8) is 0 Å². The van der Waals surface area contributed by atoms with Gasteiger partial charge in [-0.3, -0.25) is 14.4 Å². The summed E-state index contributed by atoms with van der Waals surface area (Å²) in [5, 5.41) is 8.52. The number of carboxylic acids is 1. The molecule has 0 bridgehead atoms. The molecular weight excluding hydrogens is 426 g/mol. The summed E-state index contributed by atoms with van der Waals surface area (Å²) in [7, 11) is 1.69. The number of aliphatic carboxylic acids is 1. The summed E-state index contributed by atoms with van der Waals surface area (Å²) in [4.78, 5) is 41.9. The highest BCUT2D eigenvalue weighted by molar-refractivity contribution is 5.97. The molecule has 9 heteroatoms. The fraction of sp³-hybridized carbons (Fsp3) is 0.292. The number of hydrogen-bond acceptors (Lipinski definition) is 5. The number of amides is 2. The third-order valence-corrected chi connectivity index (χ3v) is 6.17. The molecule has 1 aromatic heterocycles. The molecule has 0 aliphatic carbocycles. The molecule has 2 aromatic carbocycles. The van der Waals surface area contributed by atoms with Gasteiger partial charge in [-0.1, -0.05) is 24.3 Å². The number of carbonyl (C=O) groups excluding carboxylic acids is 2. The first-order chi connectivity index (χ1) is 15.8. The number of ether oxygens (including phenoxy) is 2. The Balaban J connectivity index is 0.000000531. The van der Waals surface area contributed by atoms with Gasteiger partial charge in [-0.25, -0.2) is 0 Å². The fourth-order valence-electron chi connectivity index (χ4n) is 4.84. The van der Waals surface area contributed by atoms with E-state index < -0.39 is 12.0 Å². The summed E-state index contributed by atoms with van der Waals surface area (Å²) in [6.45, 7) is 1.36. The zero-order chi connectivity index (χ0) is 23.3. The van der Waals surface area contributed by atoms with Crippen LogP contribution in [0.5, 0.6) is 11.5 Å². The summed E-state index contributed by atoms with van der Waals surface area (Å²) in [6, 6.07) is 12.9. The van der Waals surface area contributed by atoms with Gasteiger partial charge in [0.15, 0.2) is 11.5 Å². The number of rotatable bonds is 1. The predicted octanol–water partition coefficient (Wildman–Crippen LogP) is 2.30. The average Bonchev–Trinajstić information content (AvgIpc) is 3.39. The number of nitrogens with zero attached hydrogens (tertiary/aromatic N) is 2. The van der Waals surface area contributed by atoms with E-state index in [0.29, 0.717) is 17.9 Å². The number of aromatic nitrogens is 1. The Hall–Kier alpha value is -4.01. The lowest BCUT2D eigenvalue weighted by Crippen LogP contribution is -2.62.